The van der Waals surface area contributed by atoms with Gasteiger partial charge in [0.1, 0.15) is 0 Å². The van der Waals surface area contributed by atoms with E-state index in [0.29, 0.717) is 13.1 Å². The van der Waals surface area contributed by atoms with Crippen molar-refractivity contribution in [3.05, 3.63) is 24.3 Å². The Kier molecular flexibility index (Phi) is 4.09. The van der Waals surface area contributed by atoms with Crippen molar-refractivity contribution in [2.45, 2.75) is 30.4 Å². The molecule has 20 heavy (non-hydrogen) atoms. The lowest BCUT2D eigenvalue weighted by Crippen LogP contribution is -2.56. The van der Waals surface area contributed by atoms with Crippen LogP contribution in [0, 0.1) is 0 Å². The largest absolute Gasteiger partial charge is 0.342 e. The first-order valence-corrected chi connectivity index (χ1v) is 7.63. The molecule has 5 heteroatoms. The van der Waals surface area contributed by atoms with Gasteiger partial charge in [0.2, 0.25) is 5.91 Å². The zero-order chi connectivity index (χ0) is 14.9. The number of para-hydroxylation sites is 1. The van der Waals surface area contributed by atoms with Crippen molar-refractivity contribution >= 4 is 29.3 Å². The van der Waals surface area contributed by atoms with Gasteiger partial charge in [-0.1, -0.05) is 23.9 Å². The maximum atomic E-state index is 12.7. The van der Waals surface area contributed by atoms with Crippen LogP contribution in [0.3, 0.4) is 0 Å². The number of rotatable bonds is 3. The molecule has 0 bridgehead atoms. The Balaban J connectivity index is 2.43. The summed E-state index contributed by atoms with van der Waals surface area (Å²) in [5.74, 6) is -0.267. The standard InChI is InChI=1S/C15H20N2O2S/c1-5-17(6-2)14(19)15(3)13(18)16(4)11-9-7-8-10-12(11)20-15/h7-10H,5-6H2,1-4H3. The van der Waals surface area contributed by atoms with Crippen LogP contribution < -0.4 is 4.90 Å². The third kappa shape index (κ3) is 2.20. The van der Waals surface area contributed by atoms with Gasteiger partial charge in [0.25, 0.3) is 5.91 Å². The molecule has 0 fully saturated rings. The van der Waals surface area contributed by atoms with Gasteiger partial charge in [-0.25, -0.2) is 0 Å². The zero-order valence-electron chi connectivity index (χ0n) is 12.3. The lowest BCUT2D eigenvalue weighted by atomic mass is 10.1. The van der Waals surface area contributed by atoms with Crippen molar-refractivity contribution in [3.63, 3.8) is 0 Å². The zero-order valence-corrected chi connectivity index (χ0v) is 13.2. The van der Waals surface area contributed by atoms with Gasteiger partial charge in [0.15, 0.2) is 4.75 Å². The van der Waals surface area contributed by atoms with Crippen molar-refractivity contribution in [1.29, 1.82) is 0 Å². The van der Waals surface area contributed by atoms with Gasteiger partial charge < -0.3 is 9.80 Å². The third-order valence-electron chi connectivity index (χ3n) is 3.71. The van der Waals surface area contributed by atoms with E-state index in [1.807, 2.05) is 38.1 Å². The minimum atomic E-state index is -1.07. The van der Waals surface area contributed by atoms with Crippen LogP contribution in [0.15, 0.2) is 29.2 Å². The van der Waals surface area contributed by atoms with Crippen LogP contribution in [0.25, 0.3) is 0 Å². The Bertz CT molecular complexity index is 542. The highest BCUT2D eigenvalue weighted by Gasteiger charge is 2.49. The van der Waals surface area contributed by atoms with E-state index in [1.165, 1.54) is 11.8 Å². The molecule has 0 saturated carbocycles. The van der Waals surface area contributed by atoms with Gasteiger partial charge in [0, 0.05) is 25.0 Å². The van der Waals surface area contributed by atoms with E-state index >= 15 is 0 Å². The molecule has 4 nitrogen and oxygen atoms in total. The molecule has 1 atom stereocenters. The molecule has 0 radical (unpaired) electrons. The predicted molar refractivity (Wildman–Crippen MR) is 82.0 cm³/mol. The summed E-state index contributed by atoms with van der Waals surface area (Å²) in [6, 6.07) is 7.69. The fourth-order valence-corrected chi connectivity index (χ4v) is 3.80. The van der Waals surface area contributed by atoms with Crippen molar-refractivity contribution in [3.8, 4) is 0 Å². The molecule has 1 aromatic carbocycles. The van der Waals surface area contributed by atoms with Crippen molar-refractivity contribution in [2.24, 2.45) is 0 Å². The topological polar surface area (TPSA) is 40.6 Å². The highest BCUT2D eigenvalue weighted by atomic mass is 32.2. The Morgan fingerprint density at radius 3 is 2.50 bits per heavy atom. The van der Waals surface area contributed by atoms with E-state index in [0.717, 1.165) is 10.6 Å². The summed E-state index contributed by atoms with van der Waals surface area (Å²) in [6.07, 6.45) is 0. The molecule has 0 N–H and O–H groups in total. The quantitative estimate of drug-likeness (QED) is 0.803. The lowest BCUT2D eigenvalue weighted by molar-refractivity contribution is -0.138. The van der Waals surface area contributed by atoms with Crippen molar-refractivity contribution < 1.29 is 9.59 Å². The highest BCUT2D eigenvalue weighted by molar-refractivity contribution is 8.02. The molecule has 1 aromatic rings. The van der Waals surface area contributed by atoms with Gasteiger partial charge in [0.05, 0.1) is 5.69 Å². The fourth-order valence-electron chi connectivity index (χ4n) is 2.46. The van der Waals surface area contributed by atoms with Crippen LogP contribution in [0.2, 0.25) is 0 Å². The molecule has 0 spiro atoms. The van der Waals surface area contributed by atoms with Gasteiger partial charge in [-0.2, -0.15) is 0 Å². The van der Waals surface area contributed by atoms with Crippen molar-refractivity contribution in [2.75, 3.05) is 25.0 Å². The molecule has 1 heterocycles. The molecule has 1 unspecified atom stereocenters. The fraction of sp³-hybridized carbons (Fsp3) is 0.467. The van der Waals surface area contributed by atoms with Crippen molar-refractivity contribution in [1.82, 2.24) is 4.90 Å². The minimum Gasteiger partial charge on any atom is -0.342 e. The number of carbonyl (C=O) groups is 2. The summed E-state index contributed by atoms with van der Waals surface area (Å²) in [7, 11) is 1.73. The second kappa shape index (κ2) is 5.48. The van der Waals surface area contributed by atoms with Gasteiger partial charge in [-0.3, -0.25) is 9.59 Å². The first kappa shape index (κ1) is 14.9. The third-order valence-corrected chi connectivity index (χ3v) is 5.03. The minimum absolute atomic E-state index is 0.112. The number of nitrogens with zero attached hydrogens (tertiary/aromatic N) is 2. The summed E-state index contributed by atoms with van der Waals surface area (Å²) in [5, 5.41) is 0. The monoisotopic (exact) mass is 292 g/mol. The molecule has 0 saturated heterocycles. The lowest BCUT2D eigenvalue weighted by Gasteiger charge is -2.39. The van der Waals surface area contributed by atoms with E-state index in [1.54, 1.807) is 23.8 Å². The van der Waals surface area contributed by atoms with E-state index in [-0.39, 0.29) is 11.8 Å². The number of hydrogen-bond donors (Lipinski definition) is 0. The number of benzene rings is 1. The SMILES string of the molecule is CCN(CC)C(=O)C1(C)Sc2ccccc2N(C)C1=O. The first-order chi connectivity index (χ1) is 9.45. The normalized spacial score (nSPS) is 21.6. The summed E-state index contributed by atoms with van der Waals surface area (Å²) >= 11 is 1.36. The molecule has 1 aliphatic heterocycles. The Labute approximate surface area is 124 Å². The van der Waals surface area contributed by atoms with Crippen LogP contribution in [0.4, 0.5) is 5.69 Å². The number of fused-ring (bicyclic) bond motifs is 1. The van der Waals surface area contributed by atoms with Crippen LogP contribution in [0.5, 0.6) is 0 Å². The number of thioether (sulfide) groups is 1. The number of anilines is 1. The number of carbonyl (C=O) groups excluding carboxylic acids is 2. The molecule has 0 aromatic heterocycles. The Hall–Kier alpha value is -1.49. The number of hydrogen-bond acceptors (Lipinski definition) is 3. The smallest absolute Gasteiger partial charge is 0.252 e. The second-order valence-corrected chi connectivity index (χ2v) is 6.41. The van der Waals surface area contributed by atoms with E-state index < -0.39 is 4.75 Å². The summed E-state index contributed by atoms with van der Waals surface area (Å²) in [6.45, 7) is 6.82. The molecule has 2 amide bonds. The second-order valence-electron chi connectivity index (χ2n) is 4.94. The van der Waals surface area contributed by atoms with E-state index in [9.17, 15) is 9.59 Å². The summed E-state index contributed by atoms with van der Waals surface area (Å²) < 4.78 is -1.07. The van der Waals surface area contributed by atoms with Gasteiger partial charge in [-0.15, -0.1) is 0 Å². The van der Waals surface area contributed by atoms with Crippen LogP contribution in [0.1, 0.15) is 20.8 Å². The molecule has 108 valence electrons. The Morgan fingerprint density at radius 1 is 1.30 bits per heavy atom. The van der Waals surface area contributed by atoms with Crippen LogP contribution >= 0.6 is 11.8 Å². The summed E-state index contributed by atoms with van der Waals surface area (Å²) in [5.41, 5.74) is 0.868. The van der Waals surface area contributed by atoms with E-state index in [4.69, 9.17) is 0 Å². The highest BCUT2D eigenvalue weighted by Crippen LogP contribution is 2.45. The molecule has 2 rings (SSSR count). The maximum absolute atomic E-state index is 12.7. The molecular formula is C15H20N2O2S. The maximum Gasteiger partial charge on any atom is 0.252 e. The molecular weight excluding hydrogens is 272 g/mol. The van der Waals surface area contributed by atoms with Crippen LogP contribution in [-0.4, -0.2) is 41.6 Å². The van der Waals surface area contributed by atoms with Gasteiger partial charge >= 0.3 is 0 Å². The number of amides is 2. The Morgan fingerprint density at radius 2 is 1.90 bits per heavy atom. The average molecular weight is 292 g/mol. The average Bonchev–Trinajstić information content (AvgIpc) is 2.46. The summed E-state index contributed by atoms with van der Waals surface area (Å²) in [4.78, 5) is 29.6. The molecule has 0 aliphatic carbocycles. The van der Waals surface area contributed by atoms with E-state index in [2.05, 4.69) is 0 Å². The van der Waals surface area contributed by atoms with Gasteiger partial charge in [-0.05, 0) is 32.9 Å². The molecule has 1 aliphatic rings. The predicted octanol–water partition coefficient (Wildman–Crippen LogP) is 2.38. The van der Waals surface area contributed by atoms with Crippen LogP contribution in [-0.2, 0) is 9.59 Å². The first-order valence-electron chi connectivity index (χ1n) is 6.81.